The van der Waals surface area contributed by atoms with E-state index in [9.17, 15) is 22.4 Å². The zero-order chi connectivity index (χ0) is 13.0. The first kappa shape index (κ1) is 13.4. The lowest BCUT2D eigenvalue weighted by Crippen LogP contribution is -2.36. The number of benzene rings is 1. The van der Waals surface area contributed by atoms with Gasteiger partial charge in [0.25, 0.3) is 12.3 Å². The Hall–Kier alpha value is -1.63. The summed E-state index contributed by atoms with van der Waals surface area (Å²) in [6, 6.07) is 2.20. The van der Waals surface area contributed by atoms with E-state index < -0.39 is 42.2 Å². The summed E-state index contributed by atoms with van der Waals surface area (Å²) in [7, 11) is 0. The van der Waals surface area contributed by atoms with Crippen LogP contribution in [0.1, 0.15) is 10.4 Å². The largest absolute Gasteiger partial charge is 0.385 e. The van der Waals surface area contributed by atoms with E-state index in [4.69, 9.17) is 5.11 Å². The first-order valence-electron chi connectivity index (χ1n) is 4.61. The molecule has 0 fully saturated rings. The maximum Gasteiger partial charge on any atom is 0.265 e. The molecule has 0 spiro atoms. The number of halogens is 4. The highest BCUT2D eigenvalue weighted by atomic mass is 19.3. The zero-order valence-corrected chi connectivity index (χ0v) is 8.46. The molecule has 1 unspecified atom stereocenters. The van der Waals surface area contributed by atoms with E-state index in [2.05, 4.69) is 0 Å². The molecule has 3 nitrogen and oxygen atoms in total. The van der Waals surface area contributed by atoms with Gasteiger partial charge in [0, 0.05) is 6.54 Å². The maximum absolute atomic E-state index is 13.1. The minimum Gasteiger partial charge on any atom is -0.385 e. The van der Waals surface area contributed by atoms with Crippen LogP contribution in [0.2, 0.25) is 0 Å². The molecule has 0 aliphatic heterocycles. The van der Waals surface area contributed by atoms with Crippen LogP contribution in [0.5, 0.6) is 0 Å². The highest BCUT2D eigenvalue weighted by molar-refractivity contribution is 5.94. The van der Waals surface area contributed by atoms with Gasteiger partial charge in [-0.15, -0.1) is 0 Å². The van der Waals surface area contributed by atoms with Gasteiger partial charge in [-0.1, -0.05) is 0 Å². The second-order valence-electron chi connectivity index (χ2n) is 3.24. The van der Waals surface area contributed by atoms with Crippen molar-refractivity contribution in [2.75, 3.05) is 6.54 Å². The van der Waals surface area contributed by atoms with Gasteiger partial charge in [-0.2, -0.15) is 0 Å². The van der Waals surface area contributed by atoms with Gasteiger partial charge in [0.15, 0.2) is 0 Å². The van der Waals surface area contributed by atoms with Crippen LogP contribution in [0, 0.1) is 11.6 Å². The van der Waals surface area contributed by atoms with Crippen LogP contribution < -0.4 is 5.32 Å². The second-order valence-corrected chi connectivity index (χ2v) is 3.24. The predicted molar refractivity (Wildman–Crippen MR) is 50.7 cm³/mol. The number of hydrogen-bond donors (Lipinski definition) is 2. The molecule has 0 bridgehead atoms. The monoisotopic (exact) mass is 251 g/mol. The van der Waals surface area contributed by atoms with Gasteiger partial charge in [-0.25, -0.2) is 17.6 Å². The fourth-order valence-corrected chi connectivity index (χ4v) is 1.05. The summed E-state index contributed by atoms with van der Waals surface area (Å²) in [5.74, 6) is -2.87. The Morgan fingerprint density at radius 3 is 2.59 bits per heavy atom. The summed E-state index contributed by atoms with van der Waals surface area (Å²) in [5, 5.41) is 10.6. The van der Waals surface area contributed by atoms with Gasteiger partial charge >= 0.3 is 0 Å². The number of nitrogens with one attached hydrogen (secondary N) is 1. The molecule has 0 saturated heterocycles. The van der Waals surface area contributed by atoms with Gasteiger partial charge in [0.1, 0.15) is 17.7 Å². The SMILES string of the molecule is O=C(NCC(O)C(F)F)c1cc(F)ccc1F. The van der Waals surface area contributed by atoms with E-state index in [-0.39, 0.29) is 0 Å². The van der Waals surface area contributed by atoms with Crippen molar-refractivity contribution in [2.24, 2.45) is 0 Å². The number of rotatable bonds is 4. The molecule has 0 aromatic heterocycles. The molecular formula is C10H9F4NO2. The van der Waals surface area contributed by atoms with E-state index in [1.807, 2.05) is 5.32 Å². The molecule has 17 heavy (non-hydrogen) atoms. The highest BCUT2D eigenvalue weighted by Crippen LogP contribution is 2.09. The highest BCUT2D eigenvalue weighted by Gasteiger charge is 2.19. The fourth-order valence-electron chi connectivity index (χ4n) is 1.05. The summed E-state index contributed by atoms with van der Waals surface area (Å²) >= 11 is 0. The molecule has 0 heterocycles. The minimum absolute atomic E-state index is 0.605. The Morgan fingerprint density at radius 2 is 2.00 bits per heavy atom. The van der Waals surface area contributed by atoms with Crippen molar-refractivity contribution in [1.82, 2.24) is 5.32 Å². The molecule has 0 aliphatic rings. The summed E-state index contributed by atoms with van der Waals surface area (Å²) in [4.78, 5) is 11.3. The van der Waals surface area contributed by atoms with Crippen LogP contribution in [0.4, 0.5) is 17.6 Å². The van der Waals surface area contributed by atoms with Crippen molar-refractivity contribution in [3.8, 4) is 0 Å². The standard InChI is InChI=1S/C10H9F4NO2/c11-5-1-2-7(12)6(3-5)10(17)15-4-8(16)9(13)14/h1-3,8-9,16H,4H2,(H,15,17). The van der Waals surface area contributed by atoms with Crippen LogP contribution in [-0.2, 0) is 0 Å². The van der Waals surface area contributed by atoms with E-state index in [1.165, 1.54) is 0 Å². The topological polar surface area (TPSA) is 49.3 Å². The van der Waals surface area contributed by atoms with Gasteiger partial charge in [-0.3, -0.25) is 4.79 Å². The van der Waals surface area contributed by atoms with Crippen LogP contribution in [0.25, 0.3) is 0 Å². The van der Waals surface area contributed by atoms with Crippen LogP contribution in [0.3, 0.4) is 0 Å². The molecule has 0 aliphatic carbocycles. The van der Waals surface area contributed by atoms with Crippen molar-refractivity contribution in [3.63, 3.8) is 0 Å². The van der Waals surface area contributed by atoms with Crippen molar-refractivity contribution in [2.45, 2.75) is 12.5 Å². The number of carbonyl (C=O) groups is 1. The predicted octanol–water partition coefficient (Wildman–Crippen LogP) is 1.32. The molecule has 2 N–H and O–H groups in total. The van der Waals surface area contributed by atoms with Gasteiger partial charge in [0.05, 0.1) is 5.56 Å². The van der Waals surface area contributed by atoms with Crippen LogP contribution in [-0.4, -0.2) is 30.1 Å². The number of carbonyl (C=O) groups excluding carboxylic acids is 1. The molecule has 1 atom stereocenters. The normalized spacial score (nSPS) is 12.6. The van der Waals surface area contributed by atoms with Gasteiger partial charge in [-0.05, 0) is 18.2 Å². The van der Waals surface area contributed by atoms with Crippen molar-refractivity contribution in [3.05, 3.63) is 35.4 Å². The lowest BCUT2D eigenvalue weighted by atomic mass is 10.2. The van der Waals surface area contributed by atoms with Gasteiger partial charge in [0.2, 0.25) is 0 Å². The van der Waals surface area contributed by atoms with E-state index in [0.29, 0.717) is 6.07 Å². The van der Waals surface area contributed by atoms with Crippen LogP contribution in [0.15, 0.2) is 18.2 Å². The summed E-state index contributed by atoms with van der Waals surface area (Å²) in [6.07, 6.45) is -5.07. The Kier molecular flexibility index (Phi) is 4.45. The molecule has 0 saturated carbocycles. The Labute approximate surface area is 94.1 Å². The zero-order valence-electron chi connectivity index (χ0n) is 8.46. The molecule has 1 aromatic carbocycles. The average Bonchev–Trinajstić information content (AvgIpc) is 2.28. The number of aliphatic hydroxyl groups is 1. The van der Waals surface area contributed by atoms with E-state index in [1.54, 1.807) is 0 Å². The summed E-state index contributed by atoms with van der Waals surface area (Å²) in [5.41, 5.74) is -0.605. The quantitative estimate of drug-likeness (QED) is 0.793. The Morgan fingerprint density at radius 1 is 1.35 bits per heavy atom. The fraction of sp³-hybridized carbons (Fsp3) is 0.300. The second kappa shape index (κ2) is 5.62. The van der Waals surface area contributed by atoms with E-state index in [0.717, 1.165) is 12.1 Å². The van der Waals surface area contributed by atoms with Gasteiger partial charge < -0.3 is 10.4 Å². The first-order valence-corrected chi connectivity index (χ1v) is 4.61. The van der Waals surface area contributed by atoms with Crippen molar-refractivity contribution in [1.29, 1.82) is 0 Å². The molecule has 7 heteroatoms. The van der Waals surface area contributed by atoms with E-state index >= 15 is 0 Å². The van der Waals surface area contributed by atoms with Crippen molar-refractivity contribution >= 4 is 5.91 Å². The summed E-state index contributed by atoms with van der Waals surface area (Å²) in [6.45, 7) is -0.744. The first-order chi connectivity index (χ1) is 7.91. The Balaban J connectivity index is 2.67. The average molecular weight is 251 g/mol. The molecule has 1 aromatic rings. The van der Waals surface area contributed by atoms with Crippen molar-refractivity contribution < 1.29 is 27.5 Å². The smallest absolute Gasteiger partial charge is 0.265 e. The maximum atomic E-state index is 13.1. The number of aliphatic hydroxyl groups excluding tert-OH is 1. The molecule has 0 radical (unpaired) electrons. The number of hydrogen-bond acceptors (Lipinski definition) is 2. The Bertz CT molecular complexity index is 411. The molecular weight excluding hydrogens is 242 g/mol. The summed E-state index contributed by atoms with van der Waals surface area (Å²) < 4.78 is 49.6. The third-order valence-corrected chi connectivity index (χ3v) is 1.94. The number of amides is 1. The number of alkyl halides is 2. The molecule has 94 valence electrons. The lowest BCUT2D eigenvalue weighted by Gasteiger charge is -2.10. The third kappa shape index (κ3) is 3.70. The molecule has 1 rings (SSSR count). The lowest BCUT2D eigenvalue weighted by molar-refractivity contribution is -0.00272. The van der Waals surface area contributed by atoms with Crippen LogP contribution >= 0.6 is 0 Å². The molecule has 1 amide bonds. The minimum atomic E-state index is -3.02. The third-order valence-electron chi connectivity index (χ3n) is 1.94.